The Morgan fingerprint density at radius 1 is 1.05 bits per heavy atom. The molecule has 0 saturated carbocycles. The van der Waals surface area contributed by atoms with Crippen molar-refractivity contribution in [2.45, 2.75) is 26.4 Å². The molecule has 14 heteroatoms. The molecule has 0 spiro atoms. The third-order valence-corrected chi connectivity index (χ3v) is 6.44. The summed E-state index contributed by atoms with van der Waals surface area (Å²) in [7, 11) is 1.54. The molecule has 3 N–H and O–H groups in total. The molecule has 0 aliphatic carbocycles. The maximum atomic E-state index is 13.8. The van der Waals surface area contributed by atoms with Crippen molar-refractivity contribution in [3.8, 4) is 16.9 Å². The minimum absolute atomic E-state index is 0.116. The Morgan fingerprint density at radius 3 is 2.34 bits per heavy atom. The first-order valence-corrected chi connectivity index (χ1v) is 12.3. The number of nitrogens with two attached hydrogens (primary N) is 1. The summed E-state index contributed by atoms with van der Waals surface area (Å²) in [6.45, 7) is 3.46. The highest BCUT2D eigenvalue weighted by atomic mass is 19.4. The molecule has 0 radical (unpaired) electrons. The van der Waals surface area contributed by atoms with Crippen molar-refractivity contribution in [1.82, 2.24) is 28.7 Å². The summed E-state index contributed by atoms with van der Waals surface area (Å²) in [5.74, 6) is -1.43. The van der Waals surface area contributed by atoms with Gasteiger partial charge in [-0.25, -0.2) is 24.0 Å². The van der Waals surface area contributed by atoms with E-state index in [2.05, 4.69) is 20.4 Å². The van der Waals surface area contributed by atoms with E-state index in [1.807, 2.05) is 0 Å². The Labute approximate surface area is 230 Å². The van der Waals surface area contributed by atoms with Gasteiger partial charge < -0.3 is 11.1 Å². The van der Waals surface area contributed by atoms with Gasteiger partial charge in [0.25, 0.3) is 5.91 Å². The van der Waals surface area contributed by atoms with Crippen LogP contribution in [0.5, 0.6) is 0 Å². The van der Waals surface area contributed by atoms with Crippen LogP contribution < -0.4 is 16.7 Å². The largest absolute Gasteiger partial charge is 0.433 e. The SMILES string of the molecule is CCc1c(-c2ccc(-n3c(C)nn(C)c3=O)cc2)nc2nc(C(F)(F)F)cc(C(=O)Nc3cccc(C(N)=O)c3)n12. The van der Waals surface area contributed by atoms with Gasteiger partial charge in [0.2, 0.25) is 11.7 Å². The maximum absolute atomic E-state index is 13.8. The van der Waals surface area contributed by atoms with Crippen molar-refractivity contribution >= 4 is 23.3 Å². The molecule has 0 aliphatic rings. The molecular weight excluding hydrogens is 541 g/mol. The molecule has 0 saturated heterocycles. The highest BCUT2D eigenvalue weighted by Gasteiger charge is 2.35. The fourth-order valence-electron chi connectivity index (χ4n) is 4.57. The van der Waals surface area contributed by atoms with Crippen LogP contribution in [-0.2, 0) is 19.6 Å². The lowest BCUT2D eigenvalue weighted by molar-refractivity contribution is -0.141. The van der Waals surface area contributed by atoms with E-state index < -0.39 is 23.7 Å². The molecular formula is C27H23F3N8O3. The second kappa shape index (κ2) is 10.0. The Bertz CT molecular complexity index is 1890. The zero-order valence-electron chi connectivity index (χ0n) is 22.0. The number of aromatic nitrogens is 6. The van der Waals surface area contributed by atoms with Gasteiger partial charge in [0.1, 0.15) is 11.5 Å². The van der Waals surface area contributed by atoms with E-state index in [0.29, 0.717) is 41.0 Å². The Balaban J connectivity index is 1.63. The van der Waals surface area contributed by atoms with Gasteiger partial charge in [-0.1, -0.05) is 25.1 Å². The second-order valence-electron chi connectivity index (χ2n) is 9.16. The van der Waals surface area contributed by atoms with E-state index in [1.54, 1.807) is 38.1 Å². The number of fused-ring (bicyclic) bond motifs is 1. The van der Waals surface area contributed by atoms with E-state index in [0.717, 1.165) is 0 Å². The summed E-state index contributed by atoms with van der Waals surface area (Å²) in [5.41, 5.74) is 5.46. The van der Waals surface area contributed by atoms with Crippen LogP contribution in [0.15, 0.2) is 59.4 Å². The molecule has 2 amide bonds. The van der Waals surface area contributed by atoms with Crippen LogP contribution in [0.2, 0.25) is 0 Å². The monoisotopic (exact) mass is 564 g/mol. The third kappa shape index (κ3) is 4.95. The van der Waals surface area contributed by atoms with Crippen LogP contribution in [0.3, 0.4) is 0 Å². The minimum Gasteiger partial charge on any atom is -0.366 e. The fourth-order valence-corrected chi connectivity index (χ4v) is 4.57. The van der Waals surface area contributed by atoms with E-state index in [4.69, 9.17) is 5.73 Å². The number of primary amides is 1. The molecule has 5 aromatic rings. The van der Waals surface area contributed by atoms with Gasteiger partial charge in [0.15, 0.2) is 5.69 Å². The third-order valence-electron chi connectivity index (χ3n) is 6.44. The van der Waals surface area contributed by atoms with Gasteiger partial charge >= 0.3 is 11.9 Å². The summed E-state index contributed by atoms with van der Waals surface area (Å²) in [6, 6.07) is 13.1. The van der Waals surface area contributed by atoms with Gasteiger partial charge in [-0.15, -0.1) is 0 Å². The number of carbonyl (C=O) groups is 2. The normalized spacial score (nSPS) is 11.7. The number of alkyl halides is 3. The molecule has 0 atom stereocenters. The summed E-state index contributed by atoms with van der Waals surface area (Å²) < 4.78 is 45.3. The lowest BCUT2D eigenvalue weighted by atomic mass is 10.1. The molecule has 210 valence electrons. The predicted molar refractivity (Wildman–Crippen MR) is 143 cm³/mol. The van der Waals surface area contributed by atoms with Crippen molar-refractivity contribution in [3.05, 3.63) is 93.6 Å². The quantitative estimate of drug-likeness (QED) is 0.323. The number of benzene rings is 2. The molecule has 5 rings (SSSR count). The van der Waals surface area contributed by atoms with E-state index in [9.17, 15) is 27.6 Å². The zero-order valence-corrected chi connectivity index (χ0v) is 22.0. The number of nitrogens with one attached hydrogen (secondary N) is 1. The molecule has 3 aromatic heterocycles. The average Bonchev–Trinajstić information content (AvgIpc) is 3.43. The van der Waals surface area contributed by atoms with Crippen molar-refractivity contribution in [1.29, 1.82) is 0 Å². The van der Waals surface area contributed by atoms with Crippen molar-refractivity contribution in [2.24, 2.45) is 12.8 Å². The number of amides is 2. The van der Waals surface area contributed by atoms with Crippen molar-refractivity contribution in [2.75, 3.05) is 5.32 Å². The van der Waals surface area contributed by atoms with Crippen LogP contribution in [0.4, 0.5) is 18.9 Å². The minimum atomic E-state index is -4.85. The number of imidazole rings is 1. The van der Waals surface area contributed by atoms with E-state index in [-0.39, 0.29) is 28.4 Å². The van der Waals surface area contributed by atoms with Crippen LogP contribution >= 0.6 is 0 Å². The van der Waals surface area contributed by atoms with Crippen LogP contribution in [0.25, 0.3) is 22.7 Å². The van der Waals surface area contributed by atoms with Crippen molar-refractivity contribution < 1.29 is 22.8 Å². The predicted octanol–water partition coefficient (Wildman–Crippen LogP) is 3.52. The number of anilines is 1. The number of nitrogens with zero attached hydrogens (tertiary/aromatic N) is 6. The van der Waals surface area contributed by atoms with Gasteiger partial charge in [-0.2, -0.15) is 18.3 Å². The standard InChI is InChI=1S/C27H23F3N8O3/c1-4-19-22(15-8-10-18(11-9-15)37-14(2)35-36(3)26(37)41)34-25-33-21(27(28,29)30)13-20(38(19)25)24(40)32-17-7-5-6-16(12-17)23(31)39/h5-13H,4H2,1-3H3,(H2,31,39)(H,32,40). The number of carbonyl (C=O) groups excluding carboxylic acids is 2. The molecule has 41 heavy (non-hydrogen) atoms. The first-order valence-electron chi connectivity index (χ1n) is 12.3. The molecule has 0 bridgehead atoms. The van der Waals surface area contributed by atoms with E-state index >= 15 is 0 Å². The summed E-state index contributed by atoms with van der Waals surface area (Å²) >= 11 is 0. The van der Waals surface area contributed by atoms with Crippen LogP contribution in [0, 0.1) is 6.92 Å². The van der Waals surface area contributed by atoms with Crippen LogP contribution in [-0.4, -0.2) is 40.5 Å². The molecule has 2 aromatic carbocycles. The molecule has 11 nitrogen and oxygen atoms in total. The molecule has 3 heterocycles. The smallest absolute Gasteiger partial charge is 0.366 e. The molecule has 0 aliphatic heterocycles. The lowest BCUT2D eigenvalue weighted by Crippen LogP contribution is -2.21. The van der Waals surface area contributed by atoms with Gasteiger partial charge in [-0.05, 0) is 49.7 Å². The summed E-state index contributed by atoms with van der Waals surface area (Å²) in [5, 5.41) is 6.64. The topological polar surface area (TPSA) is 142 Å². The molecule has 0 fully saturated rings. The maximum Gasteiger partial charge on any atom is 0.433 e. The van der Waals surface area contributed by atoms with Crippen molar-refractivity contribution in [3.63, 3.8) is 0 Å². The number of aryl methyl sites for hydroxylation is 3. The Hall–Kier alpha value is -5.27. The second-order valence-corrected chi connectivity index (χ2v) is 9.16. The first kappa shape index (κ1) is 27.3. The highest BCUT2D eigenvalue weighted by Crippen LogP contribution is 2.32. The van der Waals surface area contributed by atoms with Gasteiger partial charge in [0, 0.05) is 23.9 Å². The summed E-state index contributed by atoms with van der Waals surface area (Å²) in [4.78, 5) is 45.4. The lowest BCUT2D eigenvalue weighted by Gasteiger charge is -2.13. The highest BCUT2D eigenvalue weighted by molar-refractivity contribution is 6.04. The van der Waals surface area contributed by atoms with Gasteiger partial charge in [-0.3, -0.25) is 14.0 Å². The Kier molecular flexibility index (Phi) is 6.69. The van der Waals surface area contributed by atoms with Crippen LogP contribution in [0.1, 0.15) is 45.0 Å². The number of hydrogen-bond acceptors (Lipinski definition) is 6. The average molecular weight is 565 g/mol. The number of rotatable bonds is 6. The zero-order chi connectivity index (χ0) is 29.6. The fraction of sp³-hybridized carbons (Fsp3) is 0.185. The molecule has 0 unspecified atom stereocenters. The first-order chi connectivity index (χ1) is 19.4. The summed E-state index contributed by atoms with van der Waals surface area (Å²) in [6.07, 6.45) is -4.55. The number of hydrogen-bond donors (Lipinski definition) is 2. The number of halogens is 3. The van der Waals surface area contributed by atoms with E-state index in [1.165, 1.54) is 45.0 Å². The Morgan fingerprint density at radius 2 is 1.76 bits per heavy atom. The van der Waals surface area contributed by atoms with Gasteiger partial charge in [0.05, 0.1) is 17.1 Å².